The average Bonchev–Trinajstić information content (AvgIpc) is 2.29. The van der Waals surface area contributed by atoms with E-state index in [9.17, 15) is 9.90 Å². The van der Waals surface area contributed by atoms with E-state index >= 15 is 0 Å². The SMILES string of the molecule is CCC(C)(CC(C)c1ccccc1)C(=O)O. The molecule has 0 aliphatic carbocycles. The lowest BCUT2D eigenvalue weighted by molar-refractivity contribution is -0.148. The molecule has 88 valence electrons. The fraction of sp³-hybridized carbons (Fsp3) is 0.500. The molecule has 0 saturated heterocycles. The Kier molecular flexibility index (Phi) is 4.11. The van der Waals surface area contributed by atoms with Crippen molar-refractivity contribution in [2.75, 3.05) is 0 Å². The first kappa shape index (κ1) is 12.8. The second-order valence-corrected chi connectivity index (χ2v) is 4.74. The number of aliphatic carboxylic acids is 1. The number of carboxylic acids is 1. The summed E-state index contributed by atoms with van der Waals surface area (Å²) in [4.78, 5) is 11.2. The van der Waals surface area contributed by atoms with Gasteiger partial charge < -0.3 is 5.11 Å². The minimum Gasteiger partial charge on any atom is -0.481 e. The second-order valence-electron chi connectivity index (χ2n) is 4.74. The third kappa shape index (κ3) is 2.84. The minimum absolute atomic E-state index is 0.280. The van der Waals surface area contributed by atoms with Crippen LogP contribution in [0.15, 0.2) is 30.3 Å². The van der Waals surface area contributed by atoms with Crippen LogP contribution in [-0.2, 0) is 4.79 Å². The number of hydrogen-bond donors (Lipinski definition) is 1. The van der Waals surface area contributed by atoms with E-state index in [2.05, 4.69) is 19.1 Å². The van der Waals surface area contributed by atoms with E-state index in [0.717, 1.165) is 0 Å². The molecule has 0 aliphatic rings. The molecule has 0 radical (unpaired) electrons. The van der Waals surface area contributed by atoms with E-state index in [0.29, 0.717) is 12.8 Å². The average molecular weight is 220 g/mol. The molecule has 1 aromatic carbocycles. The summed E-state index contributed by atoms with van der Waals surface area (Å²) in [5, 5.41) is 9.23. The lowest BCUT2D eigenvalue weighted by Crippen LogP contribution is -2.28. The molecule has 0 aliphatic heterocycles. The molecule has 1 N–H and O–H groups in total. The van der Waals surface area contributed by atoms with Gasteiger partial charge in [0, 0.05) is 0 Å². The van der Waals surface area contributed by atoms with Gasteiger partial charge in [-0.15, -0.1) is 0 Å². The van der Waals surface area contributed by atoms with Gasteiger partial charge in [-0.05, 0) is 31.2 Å². The Morgan fingerprint density at radius 2 is 1.94 bits per heavy atom. The van der Waals surface area contributed by atoms with Crippen molar-refractivity contribution >= 4 is 5.97 Å². The van der Waals surface area contributed by atoms with Crippen molar-refractivity contribution in [3.63, 3.8) is 0 Å². The molecule has 0 heterocycles. The lowest BCUT2D eigenvalue weighted by atomic mass is 9.77. The molecule has 1 aromatic rings. The quantitative estimate of drug-likeness (QED) is 0.821. The zero-order valence-corrected chi connectivity index (χ0v) is 10.2. The van der Waals surface area contributed by atoms with Gasteiger partial charge in [-0.3, -0.25) is 4.79 Å². The van der Waals surface area contributed by atoms with Gasteiger partial charge in [0.1, 0.15) is 0 Å². The Morgan fingerprint density at radius 1 is 1.38 bits per heavy atom. The fourth-order valence-corrected chi connectivity index (χ4v) is 1.96. The Hall–Kier alpha value is -1.31. The summed E-state index contributed by atoms with van der Waals surface area (Å²) >= 11 is 0. The van der Waals surface area contributed by atoms with Gasteiger partial charge >= 0.3 is 5.97 Å². The molecule has 0 fully saturated rings. The van der Waals surface area contributed by atoms with Crippen LogP contribution >= 0.6 is 0 Å². The maximum absolute atomic E-state index is 11.2. The number of carbonyl (C=O) groups is 1. The van der Waals surface area contributed by atoms with E-state index in [1.807, 2.05) is 32.0 Å². The molecular formula is C14H20O2. The number of carboxylic acid groups (broad SMARTS) is 1. The number of rotatable bonds is 5. The normalized spacial score (nSPS) is 16.4. The topological polar surface area (TPSA) is 37.3 Å². The zero-order valence-electron chi connectivity index (χ0n) is 10.2. The van der Waals surface area contributed by atoms with Crippen molar-refractivity contribution in [3.8, 4) is 0 Å². The molecule has 0 amide bonds. The van der Waals surface area contributed by atoms with Crippen molar-refractivity contribution in [2.45, 2.75) is 39.5 Å². The predicted molar refractivity (Wildman–Crippen MR) is 65.5 cm³/mol. The monoisotopic (exact) mass is 220 g/mol. The van der Waals surface area contributed by atoms with Crippen LogP contribution in [0, 0.1) is 5.41 Å². The highest BCUT2D eigenvalue weighted by atomic mass is 16.4. The number of hydrogen-bond acceptors (Lipinski definition) is 1. The van der Waals surface area contributed by atoms with E-state index in [1.165, 1.54) is 5.56 Å². The van der Waals surface area contributed by atoms with Gasteiger partial charge in [-0.25, -0.2) is 0 Å². The molecule has 2 atom stereocenters. The summed E-state index contributed by atoms with van der Waals surface area (Å²) in [6.45, 7) is 5.85. The van der Waals surface area contributed by atoms with Gasteiger partial charge in [0.25, 0.3) is 0 Å². The Balaban J connectivity index is 2.78. The van der Waals surface area contributed by atoms with E-state index < -0.39 is 11.4 Å². The standard InChI is InChI=1S/C14H20O2/c1-4-14(3,13(15)16)10-11(2)12-8-6-5-7-9-12/h5-9,11H,4,10H2,1-3H3,(H,15,16). The molecule has 1 rings (SSSR count). The summed E-state index contributed by atoms with van der Waals surface area (Å²) in [7, 11) is 0. The Bertz CT molecular complexity index is 345. The van der Waals surface area contributed by atoms with Crippen LogP contribution in [0.5, 0.6) is 0 Å². The van der Waals surface area contributed by atoms with Crippen LogP contribution in [0.4, 0.5) is 0 Å². The van der Waals surface area contributed by atoms with Gasteiger partial charge in [0.15, 0.2) is 0 Å². The molecule has 0 bridgehead atoms. The fourth-order valence-electron chi connectivity index (χ4n) is 1.96. The Morgan fingerprint density at radius 3 is 2.38 bits per heavy atom. The lowest BCUT2D eigenvalue weighted by Gasteiger charge is -2.26. The summed E-state index contributed by atoms with van der Waals surface area (Å²) in [6.07, 6.45) is 1.35. The van der Waals surface area contributed by atoms with Crippen molar-refractivity contribution in [2.24, 2.45) is 5.41 Å². The highest BCUT2D eigenvalue weighted by Crippen LogP contribution is 2.34. The summed E-state index contributed by atoms with van der Waals surface area (Å²) in [6, 6.07) is 10.1. The van der Waals surface area contributed by atoms with E-state index in [-0.39, 0.29) is 5.92 Å². The van der Waals surface area contributed by atoms with Crippen LogP contribution < -0.4 is 0 Å². The number of benzene rings is 1. The molecule has 16 heavy (non-hydrogen) atoms. The van der Waals surface area contributed by atoms with Crippen molar-refractivity contribution in [1.82, 2.24) is 0 Å². The van der Waals surface area contributed by atoms with Gasteiger partial charge in [0.2, 0.25) is 0 Å². The minimum atomic E-state index is -0.696. The maximum Gasteiger partial charge on any atom is 0.309 e. The molecule has 0 aromatic heterocycles. The predicted octanol–water partition coefficient (Wildman–Crippen LogP) is 3.68. The first-order valence-corrected chi connectivity index (χ1v) is 5.78. The molecule has 0 saturated carbocycles. The van der Waals surface area contributed by atoms with Crippen LogP contribution in [0.3, 0.4) is 0 Å². The highest BCUT2D eigenvalue weighted by molar-refractivity contribution is 5.74. The van der Waals surface area contributed by atoms with Crippen molar-refractivity contribution < 1.29 is 9.90 Å². The van der Waals surface area contributed by atoms with E-state index in [1.54, 1.807) is 0 Å². The smallest absolute Gasteiger partial charge is 0.309 e. The summed E-state index contributed by atoms with van der Waals surface area (Å²) < 4.78 is 0. The third-order valence-corrected chi connectivity index (χ3v) is 3.42. The Labute approximate surface area is 97.3 Å². The zero-order chi connectivity index (χ0) is 12.2. The van der Waals surface area contributed by atoms with Crippen LogP contribution in [0.25, 0.3) is 0 Å². The molecular weight excluding hydrogens is 200 g/mol. The summed E-state index contributed by atoms with van der Waals surface area (Å²) in [5.74, 6) is -0.417. The van der Waals surface area contributed by atoms with Crippen LogP contribution in [-0.4, -0.2) is 11.1 Å². The van der Waals surface area contributed by atoms with E-state index in [4.69, 9.17) is 0 Å². The first-order chi connectivity index (χ1) is 7.49. The van der Waals surface area contributed by atoms with Gasteiger partial charge in [0.05, 0.1) is 5.41 Å². The van der Waals surface area contributed by atoms with Crippen molar-refractivity contribution in [3.05, 3.63) is 35.9 Å². The molecule has 2 nitrogen and oxygen atoms in total. The maximum atomic E-state index is 11.2. The van der Waals surface area contributed by atoms with Gasteiger partial charge in [-0.2, -0.15) is 0 Å². The van der Waals surface area contributed by atoms with Crippen molar-refractivity contribution in [1.29, 1.82) is 0 Å². The van der Waals surface area contributed by atoms with Crippen LogP contribution in [0.1, 0.15) is 45.1 Å². The molecule has 0 spiro atoms. The molecule has 2 unspecified atom stereocenters. The highest BCUT2D eigenvalue weighted by Gasteiger charge is 2.32. The summed E-state index contributed by atoms with van der Waals surface area (Å²) in [5.41, 5.74) is 0.596. The van der Waals surface area contributed by atoms with Crippen LogP contribution in [0.2, 0.25) is 0 Å². The first-order valence-electron chi connectivity index (χ1n) is 5.78. The molecule has 2 heteroatoms. The third-order valence-electron chi connectivity index (χ3n) is 3.42. The second kappa shape index (κ2) is 5.15. The van der Waals surface area contributed by atoms with Gasteiger partial charge in [-0.1, -0.05) is 44.2 Å². The largest absolute Gasteiger partial charge is 0.481 e.